The van der Waals surface area contributed by atoms with Crippen molar-refractivity contribution in [3.63, 3.8) is 0 Å². The number of rotatable bonds is 2. The van der Waals surface area contributed by atoms with Crippen LogP contribution in [0.1, 0.15) is 16.0 Å². The monoisotopic (exact) mass is 366 g/mol. The number of nitriles is 1. The Balaban J connectivity index is 2.62. The third-order valence-corrected chi connectivity index (χ3v) is 4.95. The van der Waals surface area contributed by atoms with Gasteiger partial charge in [0.25, 0.3) is 0 Å². The molecule has 0 saturated carbocycles. The van der Waals surface area contributed by atoms with Crippen LogP contribution in [0.15, 0.2) is 35.7 Å². The summed E-state index contributed by atoms with van der Waals surface area (Å²) in [5.41, 5.74) is 9.37. The van der Waals surface area contributed by atoms with Crippen molar-refractivity contribution in [3.05, 3.63) is 55.3 Å². The van der Waals surface area contributed by atoms with Crippen LogP contribution in [0.25, 0.3) is 11.3 Å². The van der Waals surface area contributed by atoms with Crippen LogP contribution in [0.3, 0.4) is 0 Å². The van der Waals surface area contributed by atoms with Crippen LogP contribution in [-0.2, 0) is 0 Å². The van der Waals surface area contributed by atoms with Gasteiger partial charge in [0.1, 0.15) is 6.07 Å². The van der Waals surface area contributed by atoms with E-state index in [1.165, 1.54) is 16.9 Å². The molecule has 0 aliphatic heterocycles. The van der Waals surface area contributed by atoms with Crippen molar-refractivity contribution in [2.45, 2.75) is 6.92 Å². The topological polar surface area (TPSA) is 49.8 Å². The number of halogens is 1. The third-order valence-electron chi connectivity index (χ3n) is 2.63. The molecule has 18 heavy (non-hydrogen) atoms. The van der Waals surface area contributed by atoms with Crippen molar-refractivity contribution in [2.75, 3.05) is 0 Å². The second-order valence-corrected chi connectivity index (χ2v) is 5.84. The summed E-state index contributed by atoms with van der Waals surface area (Å²) in [6.45, 7) is 2.04. The Kier molecular flexibility index (Phi) is 4.04. The largest absolute Gasteiger partial charge is 0.397 e. The number of nitrogens with zero attached hydrogens (tertiary/aromatic N) is 1. The van der Waals surface area contributed by atoms with Crippen LogP contribution in [0.4, 0.5) is 0 Å². The van der Waals surface area contributed by atoms with Crippen molar-refractivity contribution in [1.29, 1.82) is 5.26 Å². The number of aryl methyl sites for hydroxylation is 1. The van der Waals surface area contributed by atoms with Crippen LogP contribution in [0, 0.1) is 21.8 Å². The van der Waals surface area contributed by atoms with E-state index in [-0.39, 0.29) is 0 Å². The van der Waals surface area contributed by atoms with Gasteiger partial charge in [-0.15, -0.1) is 11.3 Å². The molecular formula is C14H11IN2S. The standard InChI is InChI=1S/C14H11IN2S/c1-9-4-2-5-10(13(9)15)14(17)11(8-16)12-6-3-7-18-12/h2-7H,17H2,1H3/b14-11+. The molecule has 0 spiro atoms. The van der Waals surface area contributed by atoms with Crippen molar-refractivity contribution >= 4 is 45.2 Å². The molecule has 0 bridgehead atoms. The van der Waals surface area contributed by atoms with Gasteiger partial charge in [-0.3, -0.25) is 0 Å². The van der Waals surface area contributed by atoms with E-state index >= 15 is 0 Å². The Labute approximate surface area is 124 Å². The molecule has 0 atom stereocenters. The minimum Gasteiger partial charge on any atom is -0.397 e. The first kappa shape index (κ1) is 13.1. The molecule has 2 nitrogen and oxygen atoms in total. The maximum absolute atomic E-state index is 9.31. The lowest BCUT2D eigenvalue weighted by Gasteiger charge is -2.09. The highest BCUT2D eigenvalue weighted by molar-refractivity contribution is 14.1. The molecule has 0 amide bonds. The molecule has 90 valence electrons. The van der Waals surface area contributed by atoms with Crippen molar-refractivity contribution in [2.24, 2.45) is 5.73 Å². The van der Waals surface area contributed by atoms with E-state index < -0.39 is 0 Å². The predicted octanol–water partition coefficient (Wildman–Crippen LogP) is 4.01. The first-order chi connectivity index (χ1) is 8.65. The molecule has 2 N–H and O–H groups in total. The minimum atomic E-state index is 0.549. The average molecular weight is 366 g/mol. The van der Waals surface area contributed by atoms with E-state index in [4.69, 9.17) is 5.73 Å². The number of allylic oxidation sites excluding steroid dienone is 1. The molecule has 1 aromatic carbocycles. The number of benzene rings is 1. The third kappa shape index (κ3) is 2.42. The van der Waals surface area contributed by atoms with Gasteiger partial charge in [0.05, 0.1) is 11.3 Å². The van der Waals surface area contributed by atoms with E-state index in [1.807, 2.05) is 42.6 Å². The highest BCUT2D eigenvalue weighted by Gasteiger charge is 2.12. The van der Waals surface area contributed by atoms with Crippen LogP contribution in [0.2, 0.25) is 0 Å². The fourth-order valence-electron chi connectivity index (χ4n) is 1.66. The molecule has 0 fully saturated rings. The van der Waals surface area contributed by atoms with E-state index in [9.17, 15) is 5.26 Å². The summed E-state index contributed by atoms with van der Waals surface area (Å²) in [5, 5.41) is 11.3. The maximum atomic E-state index is 9.31. The molecule has 4 heteroatoms. The molecule has 0 radical (unpaired) electrons. The van der Waals surface area contributed by atoms with Crippen LogP contribution >= 0.6 is 33.9 Å². The van der Waals surface area contributed by atoms with Gasteiger partial charge in [-0.1, -0.05) is 24.3 Å². The maximum Gasteiger partial charge on any atom is 0.103 e. The number of hydrogen-bond donors (Lipinski definition) is 1. The average Bonchev–Trinajstić information content (AvgIpc) is 2.87. The van der Waals surface area contributed by atoms with Gasteiger partial charge in [0, 0.05) is 14.0 Å². The SMILES string of the molecule is Cc1cccc(/C(N)=C(/C#N)c2cccs2)c1I. The normalized spacial score (nSPS) is 11.8. The Morgan fingerprint density at radius 3 is 2.72 bits per heavy atom. The Morgan fingerprint density at radius 1 is 1.33 bits per heavy atom. The quantitative estimate of drug-likeness (QED) is 0.645. The van der Waals surface area contributed by atoms with E-state index in [0.29, 0.717) is 11.3 Å². The zero-order chi connectivity index (χ0) is 13.1. The molecule has 0 unspecified atom stereocenters. The number of nitrogens with two attached hydrogens (primary N) is 1. The van der Waals surface area contributed by atoms with Crippen LogP contribution in [0.5, 0.6) is 0 Å². The Morgan fingerprint density at radius 2 is 2.11 bits per heavy atom. The van der Waals surface area contributed by atoms with Gasteiger partial charge < -0.3 is 5.73 Å². The van der Waals surface area contributed by atoms with Gasteiger partial charge >= 0.3 is 0 Å². The molecule has 2 aromatic rings. The smallest absolute Gasteiger partial charge is 0.103 e. The first-order valence-corrected chi connectivity index (χ1v) is 7.30. The molecular weight excluding hydrogens is 355 g/mol. The highest BCUT2D eigenvalue weighted by atomic mass is 127. The van der Waals surface area contributed by atoms with Crippen molar-refractivity contribution in [3.8, 4) is 6.07 Å². The van der Waals surface area contributed by atoms with E-state index in [2.05, 4.69) is 28.7 Å². The summed E-state index contributed by atoms with van der Waals surface area (Å²) in [4.78, 5) is 0.910. The molecule has 0 aliphatic carbocycles. The molecule has 1 heterocycles. The molecule has 0 aliphatic rings. The summed E-state index contributed by atoms with van der Waals surface area (Å²) in [6, 6.07) is 12.0. The lowest BCUT2D eigenvalue weighted by Crippen LogP contribution is -2.03. The summed E-state index contributed by atoms with van der Waals surface area (Å²) < 4.78 is 1.09. The second kappa shape index (κ2) is 5.55. The summed E-state index contributed by atoms with van der Waals surface area (Å²) in [6.07, 6.45) is 0. The second-order valence-electron chi connectivity index (χ2n) is 3.81. The molecule has 2 rings (SSSR count). The Bertz CT molecular complexity index is 636. The molecule has 0 saturated heterocycles. The van der Waals surface area contributed by atoms with Gasteiger partial charge in [-0.2, -0.15) is 5.26 Å². The summed E-state index contributed by atoms with van der Waals surface area (Å²) in [5.74, 6) is 0. The van der Waals surface area contributed by atoms with E-state index in [1.54, 1.807) is 0 Å². The Hall–Kier alpha value is -1.32. The lowest BCUT2D eigenvalue weighted by atomic mass is 10.0. The van der Waals surface area contributed by atoms with E-state index in [0.717, 1.165) is 14.0 Å². The summed E-state index contributed by atoms with van der Waals surface area (Å²) >= 11 is 3.79. The van der Waals surface area contributed by atoms with Crippen molar-refractivity contribution < 1.29 is 0 Å². The first-order valence-electron chi connectivity index (χ1n) is 5.34. The van der Waals surface area contributed by atoms with Gasteiger partial charge in [-0.05, 0) is 46.5 Å². The lowest BCUT2D eigenvalue weighted by molar-refractivity contribution is 1.38. The molecule has 1 aromatic heterocycles. The van der Waals surface area contributed by atoms with Gasteiger partial charge in [0.15, 0.2) is 0 Å². The summed E-state index contributed by atoms with van der Waals surface area (Å²) in [7, 11) is 0. The number of hydrogen-bond acceptors (Lipinski definition) is 3. The van der Waals surface area contributed by atoms with Crippen LogP contribution < -0.4 is 5.73 Å². The fraction of sp³-hybridized carbons (Fsp3) is 0.0714. The van der Waals surface area contributed by atoms with Gasteiger partial charge in [0.2, 0.25) is 0 Å². The van der Waals surface area contributed by atoms with Crippen molar-refractivity contribution in [1.82, 2.24) is 0 Å². The fourth-order valence-corrected chi connectivity index (χ4v) is 3.04. The minimum absolute atomic E-state index is 0.549. The number of thiophene rings is 1. The zero-order valence-electron chi connectivity index (χ0n) is 9.77. The van der Waals surface area contributed by atoms with Crippen LogP contribution in [-0.4, -0.2) is 0 Å². The van der Waals surface area contributed by atoms with Gasteiger partial charge in [-0.25, -0.2) is 0 Å². The zero-order valence-corrected chi connectivity index (χ0v) is 12.7. The highest BCUT2D eigenvalue weighted by Crippen LogP contribution is 2.29. The predicted molar refractivity (Wildman–Crippen MR) is 84.8 cm³/mol.